The third-order valence-electron chi connectivity index (χ3n) is 5.19. The van der Waals surface area contributed by atoms with Gasteiger partial charge in [-0.25, -0.2) is 0 Å². The predicted octanol–water partition coefficient (Wildman–Crippen LogP) is 3.17. The Morgan fingerprint density at radius 3 is 2.57 bits per heavy atom. The third-order valence-corrected chi connectivity index (χ3v) is 5.19. The largest absolute Gasteiger partial charge is 0.497 e. The number of nitrogens with zero attached hydrogens (tertiary/aromatic N) is 2. The number of rotatable bonds is 10. The molecule has 0 radical (unpaired) electrons. The van der Waals surface area contributed by atoms with Crippen LogP contribution >= 0.6 is 0 Å². The molecule has 2 aromatic rings. The highest BCUT2D eigenvalue weighted by Crippen LogP contribution is 2.26. The lowest BCUT2D eigenvalue weighted by Gasteiger charge is -2.35. The summed E-state index contributed by atoms with van der Waals surface area (Å²) >= 11 is 0. The van der Waals surface area contributed by atoms with Crippen LogP contribution in [0.3, 0.4) is 0 Å². The van der Waals surface area contributed by atoms with E-state index in [4.69, 9.17) is 14.2 Å². The van der Waals surface area contributed by atoms with Gasteiger partial charge in [0.2, 0.25) is 0 Å². The maximum Gasteiger partial charge on any atom is 0.270 e. The van der Waals surface area contributed by atoms with Crippen molar-refractivity contribution in [3.05, 3.63) is 63.7 Å². The van der Waals surface area contributed by atoms with Crippen LogP contribution < -0.4 is 14.8 Å². The molecule has 0 aliphatic carbocycles. The summed E-state index contributed by atoms with van der Waals surface area (Å²) in [6.07, 6.45) is 0. The highest BCUT2D eigenvalue weighted by Gasteiger charge is 2.23. The van der Waals surface area contributed by atoms with Crippen LogP contribution in [0, 0.1) is 10.1 Å². The van der Waals surface area contributed by atoms with Crippen molar-refractivity contribution in [1.29, 1.82) is 0 Å². The maximum absolute atomic E-state index is 11.2. The zero-order chi connectivity index (χ0) is 21.3. The Balaban J connectivity index is 1.73. The monoisotopic (exact) mass is 415 g/mol. The number of nitrogens with one attached hydrogen (secondary N) is 1. The second kappa shape index (κ2) is 10.9. The summed E-state index contributed by atoms with van der Waals surface area (Å²) in [5, 5.41) is 14.6. The molecule has 0 bridgehead atoms. The first-order valence-corrected chi connectivity index (χ1v) is 10.2. The Kier molecular flexibility index (Phi) is 8.01. The molecule has 30 heavy (non-hydrogen) atoms. The van der Waals surface area contributed by atoms with Crippen molar-refractivity contribution < 1.29 is 19.1 Å². The molecule has 1 unspecified atom stereocenters. The van der Waals surface area contributed by atoms with E-state index in [0.29, 0.717) is 38.7 Å². The van der Waals surface area contributed by atoms with Gasteiger partial charge in [0.1, 0.15) is 11.5 Å². The fourth-order valence-electron chi connectivity index (χ4n) is 3.63. The standard InChI is InChI=1S/C22H29N3O5/c1-3-30-22-9-6-19(25(26)27)14-18(22)15-23-16-21(24-10-12-29-13-11-24)17-4-7-20(28-2)8-5-17/h4-9,14,21,23H,3,10-13,15-16H2,1-2H3. The molecule has 2 aromatic carbocycles. The van der Waals surface area contributed by atoms with Crippen molar-refractivity contribution in [2.75, 3.05) is 46.6 Å². The van der Waals surface area contributed by atoms with Crippen molar-refractivity contribution in [1.82, 2.24) is 10.2 Å². The maximum atomic E-state index is 11.2. The highest BCUT2D eigenvalue weighted by atomic mass is 16.6. The molecule has 1 heterocycles. The fourth-order valence-corrected chi connectivity index (χ4v) is 3.63. The average Bonchev–Trinajstić information content (AvgIpc) is 2.78. The van der Waals surface area contributed by atoms with Crippen LogP contribution in [0.4, 0.5) is 5.69 Å². The number of morpholine rings is 1. The van der Waals surface area contributed by atoms with Gasteiger partial charge in [-0.15, -0.1) is 0 Å². The van der Waals surface area contributed by atoms with Gasteiger partial charge in [-0.3, -0.25) is 15.0 Å². The molecule has 1 atom stereocenters. The highest BCUT2D eigenvalue weighted by molar-refractivity contribution is 5.43. The minimum Gasteiger partial charge on any atom is -0.497 e. The number of hydrogen-bond donors (Lipinski definition) is 1. The molecular weight excluding hydrogens is 386 g/mol. The molecule has 3 rings (SSSR count). The Hall–Kier alpha value is -2.68. The number of ether oxygens (including phenoxy) is 3. The molecule has 1 N–H and O–H groups in total. The van der Waals surface area contributed by atoms with Crippen molar-refractivity contribution >= 4 is 5.69 Å². The van der Waals surface area contributed by atoms with E-state index in [0.717, 1.165) is 24.4 Å². The van der Waals surface area contributed by atoms with Crippen molar-refractivity contribution in [2.45, 2.75) is 19.5 Å². The zero-order valence-corrected chi connectivity index (χ0v) is 17.5. The van der Waals surface area contributed by atoms with Crippen molar-refractivity contribution in [3.8, 4) is 11.5 Å². The summed E-state index contributed by atoms with van der Waals surface area (Å²) in [6, 6.07) is 13.0. The van der Waals surface area contributed by atoms with Gasteiger partial charge in [0, 0.05) is 49.9 Å². The Bertz CT molecular complexity index is 822. The first kappa shape index (κ1) is 22.0. The van der Waals surface area contributed by atoms with Crippen LogP contribution in [0.15, 0.2) is 42.5 Å². The summed E-state index contributed by atoms with van der Waals surface area (Å²) in [7, 11) is 1.66. The molecule has 8 heteroatoms. The van der Waals surface area contributed by atoms with Crippen LogP contribution in [0.5, 0.6) is 11.5 Å². The van der Waals surface area contributed by atoms with E-state index in [-0.39, 0.29) is 16.7 Å². The van der Waals surface area contributed by atoms with Crippen molar-refractivity contribution in [3.63, 3.8) is 0 Å². The molecule has 0 amide bonds. The van der Waals surface area contributed by atoms with E-state index < -0.39 is 0 Å². The Morgan fingerprint density at radius 1 is 1.20 bits per heavy atom. The number of nitro benzene ring substituents is 1. The number of benzene rings is 2. The fraction of sp³-hybridized carbons (Fsp3) is 0.455. The van der Waals surface area contributed by atoms with Gasteiger partial charge in [0.15, 0.2) is 0 Å². The molecule has 0 aromatic heterocycles. The number of methoxy groups -OCH3 is 1. The molecule has 0 saturated carbocycles. The summed E-state index contributed by atoms with van der Waals surface area (Å²) in [4.78, 5) is 13.2. The van der Waals surface area contributed by atoms with Gasteiger partial charge in [-0.1, -0.05) is 12.1 Å². The Labute approximate surface area is 176 Å². The molecule has 1 aliphatic heterocycles. The summed E-state index contributed by atoms with van der Waals surface area (Å²) in [5.74, 6) is 1.49. The third kappa shape index (κ3) is 5.69. The second-order valence-electron chi connectivity index (χ2n) is 7.05. The second-order valence-corrected chi connectivity index (χ2v) is 7.05. The average molecular weight is 415 g/mol. The molecule has 162 valence electrons. The number of hydrogen-bond acceptors (Lipinski definition) is 7. The van der Waals surface area contributed by atoms with Gasteiger partial charge < -0.3 is 19.5 Å². The van der Waals surface area contributed by atoms with Crippen LogP contribution in [-0.2, 0) is 11.3 Å². The first-order valence-electron chi connectivity index (χ1n) is 10.2. The normalized spacial score (nSPS) is 15.5. The molecule has 1 fully saturated rings. The first-order chi connectivity index (χ1) is 14.6. The van der Waals surface area contributed by atoms with Gasteiger partial charge in [-0.05, 0) is 30.7 Å². The minimum absolute atomic E-state index is 0.0649. The molecular formula is C22H29N3O5. The lowest BCUT2D eigenvalue weighted by atomic mass is 10.0. The van der Waals surface area contributed by atoms with Gasteiger partial charge in [-0.2, -0.15) is 0 Å². The molecule has 1 saturated heterocycles. The zero-order valence-electron chi connectivity index (χ0n) is 17.5. The van der Waals surface area contributed by atoms with Crippen LogP contribution in [0.1, 0.15) is 24.1 Å². The van der Waals surface area contributed by atoms with E-state index in [1.54, 1.807) is 19.2 Å². The number of non-ortho nitro benzene ring substituents is 1. The molecule has 8 nitrogen and oxygen atoms in total. The summed E-state index contributed by atoms with van der Waals surface area (Å²) < 4.78 is 16.4. The molecule has 1 aliphatic rings. The lowest BCUT2D eigenvalue weighted by Crippen LogP contribution is -2.42. The van der Waals surface area contributed by atoms with Crippen LogP contribution in [0.2, 0.25) is 0 Å². The minimum atomic E-state index is -0.382. The predicted molar refractivity (Wildman–Crippen MR) is 114 cm³/mol. The summed E-state index contributed by atoms with van der Waals surface area (Å²) in [6.45, 7) is 6.73. The van der Waals surface area contributed by atoms with Gasteiger partial charge >= 0.3 is 0 Å². The molecule has 0 spiro atoms. The Morgan fingerprint density at radius 2 is 1.93 bits per heavy atom. The van der Waals surface area contributed by atoms with E-state index in [2.05, 4.69) is 22.3 Å². The van der Waals surface area contributed by atoms with E-state index in [1.165, 1.54) is 11.6 Å². The smallest absolute Gasteiger partial charge is 0.270 e. The topological polar surface area (TPSA) is 86.1 Å². The van der Waals surface area contributed by atoms with Gasteiger partial charge in [0.25, 0.3) is 5.69 Å². The van der Waals surface area contributed by atoms with E-state index in [1.807, 2.05) is 19.1 Å². The lowest BCUT2D eigenvalue weighted by molar-refractivity contribution is -0.384. The van der Waals surface area contributed by atoms with Crippen LogP contribution in [0.25, 0.3) is 0 Å². The van der Waals surface area contributed by atoms with Crippen LogP contribution in [-0.4, -0.2) is 56.4 Å². The van der Waals surface area contributed by atoms with Crippen molar-refractivity contribution in [2.24, 2.45) is 0 Å². The van der Waals surface area contributed by atoms with Gasteiger partial charge in [0.05, 0.1) is 31.9 Å². The number of nitro groups is 1. The SMILES string of the molecule is CCOc1ccc([N+](=O)[O-])cc1CNCC(c1ccc(OC)cc1)N1CCOCC1. The summed E-state index contributed by atoms with van der Waals surface area (Å²) in [5.41, 5.74) is 2.03. The van der Waals surface area contributed by atoms with E-state index >= 15 is 0 Å². The quantitative estimate of drug-likeness (QED) is 0.471. The van der Waals surface area contributed by atoms with E-state index in [9.17, 15) is 10.1 Å².